The summed E-state index contributed by atoms with van der Waals surface area (Å²) in [6, 6.07) is 7.83. The second-order valence-corrected chi connectivity index (χ2v) is 7.04. The van der Waals surface area contributed by atoms with Gasteiger partial charge in [0.2, 0.25) is 0 Å². The van der Waals surface area contributed by atoms with Gasteiger partial charge in [0.25, 0.3) is 0 Å². The summed E-state index contributed by atoms with van der Waals surface area (Å²) in [4.78, 5) is 0. The molecule has 2 saturated heterocycles. The molecule has 1 atom stereocenters. The van der Waals surface area contributed by atoms with Gasteiger partial charge in [-0.25, -0.2) is 0 Å². The van der Waals surface area contributed by atoms with Gasteiger partial charge >= 0.3 is 7.12 Å². The molecule has 0 bridgehead atoms. The normalized spacial score (nSPS) is 26.3. The Morgan fingerprint density at radius 3 is 2.26 bits per heavy atom. The van der Waals surface area contributed by atoms with Crippen LogP contribution in [-0.2, 0) is 18.8 Å². The van der Waals surface area contributed by atoms with Crippen molar-refractivity contribution in [2.75, 3.05) is 26.4 Å². The van der Waals surface area contributed by atoms with E-state index in [-0.39, 0.29) is 24.4 Å². The molecule has 1 aromatic carbocycles. The van der Waals surface area contributed by atoms with Crippen LogP contribution in [0.5, 0.6) is 5.75 Å². The molecule has 3 rings (SSSR count). The van der Waals surface area contributed by atoms with Gasteiger partial charge in [-0.15, -0.1) is 0 Å². The van der Waals surface area contributed by atoms with Crippen LogP contribution in [0, 0.1) is 0 Å². The summed E-state index contributed by atoms with van der Waals surface area (Å²) in [7, 11) is -0.343. The van der Waals surface area contributed by atoms with E-state index in [4.69, 9.17) is 23.5 Å². The van der Waals surface area contributed by atoms with Crippen molar-refractivity contribution in [3.05, 3.63) is 24.3 Å². The largest absolute Gasteiger partial charge is 0.494 e. The lowest BCUT2D eigenvalue weighted by atomic mass is 9.79. The number of rotatable bonds is 4. The lowest BCUT2D eigenvalue weighted by Crippen LogP contribution is -2.41. The van der Waals surface area contributed by atoms with Gasteiger partial charge in [0.05, 0.1) is 31.0 Å². The van der Waals surface area contributed by atoms with Crippen LogP contribution in [0.1, 0.15) is 27.7 Å². The van der Waals surface area contributed by atoms with Crippen LogP contribution in [0.3, 0.4) is 0 Å². The van der Waals surface area contributed by atoms with Gasteiger partial charge in [-0.2, -0.15) is 0 Å². The van der Waals surface area contributed by atoms with Crippen LogP contribution in [0.25, 0.3) is 0 Å². The van der Waals surface area contributed by atoms with Crippen LogP contribution in [-0.4, -0.2) is 50.9 Å². The Morgan fingerprint density at radius 2 is 1.70 bits per heavy atom. The fourth-order valence-corrected chi connectivity index (χ4v) is 2.52. The summed E-state index contributed by atoms with van der Waals surface area (Å²) in [6.07, 6.45) is 0.00604. The standard InChI is InChI=1S/C17H25BO5/c1-16(2)17(3,4)23-18(22-16)13-5-7-14(8-6-13)21-12-15-11-19-9-10-20-15/h5-8,15H,9-12H2,1-4H3/t15-/m0/s1. The van der Waals surface area contributed by atoms with Gasteiger partial charge in [-0.3, -0.25) is 0 Å². The molecule has 2 aliphatic heterocycles. The minimum Gasteiger partial charge on any atom is -0.491 e. The van der Waals surface area contributed by atoms with E-state index >= 15 is 0 Å². The van der Waals surface area contributed by atoms with Crippen LogP contribution in [0.2, 0.25) is 0 Å². The first-order valence-corrected chi connectivity index (χ1v) is 8.15. The molecule has 1 aromatic rings. The Hall–Kier alpha value is -1.08. The molecule has 0 aromatic heterocycles. The van der Waals surface area contributed by atoms with E-state index < -0.39 is 0 Å². The maximum absolute atomic E-state index is 6.05. The van der Waals surface area contributed by atoms with Gasteiger partial charge in [0.1, 0.15) is 18.5 Å². The molecule has 0 unspecified atom stereocenters. The van der Waals surface area contributed by atoms with Crippen molar-refractivity contribution in [2.24, 2.45) is 0 Å². The third-order valence-corrected chi connectivity index (χ3v) is 4.73. The van der Waals surface area contributed by atoms with Crippen molar-refractivity contribution >= 4 is 12.6 Å². The van der Waals surface area contributed by atoms with E-state index in [1.165, 1.54) is 0 Å². The summed E-state index contributed by atoms with van der Waals surface area (Å²) in [5, 5.41) is 0. The van der Waals surface area contributed by atoms with E-state index in [0.717, 1.165) is 11.2 Å². The first-order valence-electron chi connectivity index (χ1n) is 8.15. The number of ether oxygens (including phenoxy) is 3. The molecule has 5 nitrogen and oxygen atoms in total. The molecular weight excluding hydrogens is 295 g/mol. The third kappa shape index (κ3) is 3.71. The van der Waals surface area contributed by atoms with Crippen LogP contribution in [0.4, 0.5) is 0 Å². The monoisotopic (exact) mass is 320 g/mol. The van der Waals surface area contributed by atoms with Crippen molar-refractivity contribution in [3.63, 3.8) is 0 Å². The quantitative estimate of drug-likeness (QED) is 0.792. The van der Waals surface area contributed by atoms with Gasteiger partial charge in [0, 0.05) is 0 Å². The molecule has 126 valence electrons. The first-order chi connectivity index (χ1) is 10.9. The Balaban J connectivity index is 1.57. The smallest absolute Gasteiger partial charge is 0.491 e. The summed E-state index contributed by atoms with van der Waals surface area (Å²) in [5.74, 6) is 0.805. The molecule has 0 radical (unpaired) electrons. The predicted octanol–water partition coefficient (Wildman–Crippen LogP) is 1.78. The summed E-state index contributed by atoms with van der Waals surface area (Å²) in [6.45, 7) is 10.6. The predicted molar refractivity (Wildman–Crippen MR) is 88.2 cm³/mol. The van der Waals surface area contributed by atoms with Gasteiger partial charge in [-0.1, -0.05) is 12.1 Å². The molecule has 2 aliphatic rings. The Kier molecular flexibility index (Phi) is 4.69. The fraction of sp³-hybridized carbons (Fsp3) is 0.647. The molecule has 0 N–H and O–H groups in total. The maximum atomic E-state index is 6.05. The van der Waals surface area contributed by atoms with Crippen molar-refractivity contribution in [2.45, 2.75) is 45.0 Å². The second kappa shape index (κ2) is 6.44. The average Bonchev–Trinajstić information content (AvgIpc) is 2.75. The third-order valence-electron chi connectivity index (χ3n) is 4.73. The highest BCUT2D eigenvalue weighted by Gasteiger charge is 2.51. The van der Waals surface area contributed by atoms with E-state index in [1.54, 1.807) is 0 Å². The number of hydrogen-bond acceptors (Lipinski definition) is 5. The molecule has 2 fully saturated rings. The molecule has 0 aliphatic carbocycles. The SMILES string of the molecule is CC1(C)OB(c2ccc(OC[C@@H]3COCCO3)cc2)OC1(C)C. The van der Waals surface area contributed by atoms with Crippen molar-refractivity contribution in [1.82, 2.24) is 0 Å². The number of hydrogen-bond donors (Lipinski definition) is 0. The molecule has 6 heteroatoms. The molecular formula is C17H25BO5. The van der Waals surface area contributed by atoms with Crippen molar-refractivity contribution < 1.29 is 23.5 Å². The van der Waals surface area contributed by atoms with E-state index in [2.05, 4.69) is 27.7 Å². The van der Waals surface area contributed by atoms with Gasteiger partial charge in [0.15, 0.2) is 0 Å². The Labute approximate surface area is 138 Å². The average molecular weight is 320 g/mol. The highest BCUT2D eigenvalue weighted by Crippen LogP contribution is 2.36. The van der Waals surface area contributed by atoms with Gasteiger partial charge in [-0.05, 0) is 45.3 Å². The molecule has 0 spiro atoms. The Bertz CT molecular complexity index is 506. The van der Waals surface area contributed by atoms with E-state index in [0.29, 0.717) is 26.4 Å². The summed E-state index contributed by atoms with van der Waals surface area (Å²) < 4.78 is 28.8. The van der Waals surface area contributed by atoms with Crippen molar-refractivity contribution in [1.29, 1.82) is 0 Å². The topological polar surface area (TPSA) is 46.2 Å². The summed E-state index contributed by atoms with van der Waals surface area (Å²) >= 11 is 0. The lowest BCUT2D eigenvalue weighted by molar-refractivity contribution is -0.101. The van der Waals surface area contributed by atoms with Crippen LogP contribution in [0.15, 0.2) is 24.3 Å². The maximum Gasteiger partial charge on any atom is 0.494 e. The zero-order chi connectivity index (χ0) is 16.5. The van der Waals surface area contributed by atoms with Crippen molar-refractivity contribution in [3.8, 4) is 5.75 Å². The van der Waals surface area contributed by atoms with Gasteiger partial charge < -0.3 is 23.5 Å². The van der Waals surface area contributed by atoms with E-state index in [1.807, 2.05) is 24.3 Å². The molecule has 23 heavy (non-hydrogen) atoms. The summed E-state index contributed by atoms with van der Waals surface area (Å²) in [5.41, 5.74) is 0.337. The highest BCUT2D eigenvalue weighted by molar-refractivity contribution is 6.62. The minimum absolute atomic E-state index is 0.00604. The van der Waals surface area contributed by atoms with Crippen LogP contribution >= 0.6 is 0 Å². The lowest BCUT2D eigenvalue weighted by Gasteiger charge is -2.32. The Morgan fingerprint density at radius 1 is 1.04 bits per heavy atom. The fourth-order valence-electron chi connectivity index (χ4n) is 2.52. The van der Waals surface area contributed by atoms with E-state index in [9.17, 15) is 0 Å². The molecule has 0 amide bonds. The zero-order valence-corrected chi connectivity index (χ0v) is 14.3. The highest BCUT2D eigenvalue weighted by atomic mass is 16.7. The second-order valence-electron chi connectivity index (χ2n) is 7.04. The van der Waals surface area contributed by atoms with Crippen LogP contribution < -0.4 is 10.2 Å². The molecule has 0 saturated carbocycles. The zero-order valence-electron chi connectivity index (χ0n) is 14.3. The first kappa shape index (κ1) is 16.8. The number of benzene rings is 1. The molecule has 2 heterocycles. The minimum atomic E-state index is -0.343.